The van der Waals surface area contributed by atoms with E-state index >= 15 is 0 Å². The Hall–Kier alpha value is -2.33. The van der Waals surface area contributed by atoms with E-state index < -0.39 is 0 Å². The van der Waals surface area contributed by atoms with E-state index in [9.17, 15) is 4.79 Å². The molecule has 0 saturated carbocycles. The summed E-state index contributed by atoms with van der Waals surface area (Å²) in [5.41, 5.74) is 3.10. The number of nitrogens with one attached hydrogen (secondary N) is 1. The van der Waals surface area contributed by atoms with Crippen LogP contribution in [0.15, 0.2) is 46.9 Å². The summed E-state index contributed by atoms with van der Waals surface area (Å²) < 4.78 is 5.42. The SMILES string of the molecule is Cc1nc2cc(CNC(=O)c3ccc(Cl)cc3)ccc2o1. The lowest BCUT2D eigenvalue weighted by Crippen LogP contribution is -2.22. The van der Waals surface area contributed by atoms with Gasteiger partial charge >= 0.3 is 0 Å². The largest absolute Gasteiger partial charge is 0.441 e. The van der Waals surface area contributed by atoms with Crippen molar-refractivity contribution in [3.8, 4) is 0 Å². The van der Waals surface area contributed by atoms with Crippen LogP contribution < -0.4 is 5.32 Å². The van der Waals surface area contributed by atoms with Gasteiger partial charge in [-0.3, -0.25) is 4.79 Å². The topological polar surface area (TPSA) is 55.1 Å². The highest BCUT2D eigenvalue weighted by Crippen LogP contribution is 2.17. The predicted octanol–water partition coefficient (Wildman–Crippen LogP) is 3.72. The van der Waals surface area contributed by atoms with Crippen molar-refractivity contribution in [3.05, 3.63) is 64.5 Å². The molecule has 5 heteroatoms. The minimum absolute atomic E-state index is 0.136. The van der Waals surface area contributed by atoms with Crippen LogP contribution in [0.2, 0.25) is 5.02 Å². The minimum atomic E-state index is -0.136. The van der Waals surface area contributed by atoms with Gasteiger partial charge in [-0.2, -0.15) is 0 Å². The van der Waals surface area contributed by atoms with Crippen molar-refractivity contribution >= 4 is 28.6 Å². The molecule has 1 amide bonds. The van der Waals surface area contributed by atoms with E-state index in [-0.39, 0.29) is 5.91 Å². The molecule has 0 atom stereocenters. The fourth-order valence-corrected chi connectivity index (χ4v) is 2.21. The smallest absolute Gasteiger partial charge is 0.251 e. The maximum atomic E-state index is 12.0. The second-order valence-corrected chi connectivity index (χ2v) is 5.16. The molecule has 0 bridgehead atoms. The number of carbonyl (C=O) groups excluding carboxylic acids is 1. The first-order chi connectivity index (χ1) is 10.1. The summed E-state index contributed by atoms with van der Waals surface area (Å²) in [6.07, 6.45) is 0. The molecule has 1 N–H and O–H groups in total. The second-order valence-electron chi connectivity index (χ2n) is 4.72. The van der Waals surface area contributed by atoms with Crippen LogP contribution in [0.5, 0.6) is 0 Å². The summed E-state index contributed by atoms with van der Waals surface area (Å²) in [4.78, 5) is 16.3. The van der Waals surface area contributed by atoms with Crippen LogP contribution in [0.1, 0.15) is 21.8 Å². The van der Waals surface area contributed by atoms with Crippen LogP contribution >= 0.6 is 11.6 Å². The fraction of sp³-hybridized carbons (Fsp3) is 0.125. The molecule has 21 heavy (non-hydrogen) atoms. The number of benzene rings is 2. The number of rotatable bonds is 3. The van der Waals surface area contributed by atoms with E-state index in [0.717, 1.165) is 16.7 Å². The molecule has 0 unspecified atom stereocenters. The third kappa shape index (κ3) is 3.06. The zero-order valence-electron chi connectivity index (χ0n) is 11.4. The molecular formula is C16H13ClN2O2. The number of oxazole rings is 1. The van der Waals surface area contributed by atoms with Gasteiger partial charge in [0.25, 0.3) is 5.91 Å². The Kier molecular flexibility index (Phi) is 3.62. The van der Waals surface area contributed by atoms with Gasteiger partial charge in [-0.05, 0) is 42.0 Å². The Morgan fingerprint density at radius 3 is 2.76 bits per heavy atom. The molecule has 0 radical (unpaired) electrons. The molecule has 0 aliphatic heterocycles. The Balaban J connectivity index is 1.70. The lowest BCUT2D eigenvalue weighted by molar-refractivity contribution is 0.0951. The highest BCUT2D eigenvalue weighted by molar-refractivity contribution is 6.30. The highest BCUT2D eigenvalue weighted by atomic mass is 35.5. The number of hydrogen-bond donors (Lipinski definition) is 1. The molecule has 2 aromatic carbocycles. The summed E-state index contributed by atoms with van der Waals surface area (Å²) in [6, 6.07) is 12.5. The van der Waals surface area contributed by atoms with Crippen LogP contribution in [0.25, 0.3) is 11.1 Å². The molecule has 1 heterocycles. The van der Waals surface area contributed by atoms with Crippen molar-refractivity contribution in [2.75, 3.05) is 0 Å². The Labute approximate surface area is 126 Å². The Morgan fingerprint density at radius 1 is 1.24 bits per heavy atom. The lowest BCUT2D eigenvalue weighted by atomic mass is 10.2. The first-order valence-corrected chi connectivity index (χ1v) is 6.89. The zero-order chi connectivity index (χ0) is 14.8. The van der Waals surface area contributed by atoms with Gasteiger partial charge in [0.05, 0.1) is 0 Å². The van der Waals surface area contributed by atoms with Gasteiger partial charge in [-0.15, -0.1) is 0 Å². The van der Waals surface area contributed by atoms with E-state index in [1.807, 2.05) is 25.1 Å². The average molecular weight is 301 g/mol. The number of aromatic nitrogens is 1. The molecule has 3 aromatic rings. The van der Waals surface area contributed by atoms with E-state index in [4.69, 9.17) is 16.0 Å². The third-order valence-electron chi connectivity index (χ3n) is 3.12. The van der Waals surface area contributed by atoms with Crippen LogP contribution in [-0.2, 0) is 6.54 Å². The Morgan fingerprint density at radius 2 is 2.00 bits per heavy atom. The molecule has 1 aromatic heterocycles. The summed E-state index contributed by atoms with van der Waals surface area (Å²) in [6.45, 7) is 2.24. The number of carbonyl (C=O) groups is 1. The van der Waals surface area contributed by atoms with Crippen LogP contribution in [-0.4, -0.2) is 10.9 Å². The molecule has 106 valence electrons. The first-order valence-electron chi connectivity index (χ1n) is 6.52. The molecule has 0 aliphatic carbocycles. The van der Waals surface area contributed by atoms with E-state index in [1.165, 1.54) is 0 Å². The van der Waals surface area contributed by atoms with Crippen LogP contribution in [0.4, 0.5) is 0 Å². The van der Waals surface area contributed by atoms with Gasteiger partial charge in [0.15, 0.2) is 11.5 Å². The van der Waals surface area contributed by atoms with Crippen molar-refractivity contribution in [3.63, 3.8) is 0 Å². The first kappa shape index (κ1) is 13.6. The summed E-state index contributed by atoms with van der Waals surface area (Å²) >= 11 is 5.80. The van der Waals surface area contributed by atoms with Crippen LogP contribution in [0.3, 0.4) is 0 Å². The van der Waals surface area contributed by atoms with Crippen molar-refractivity contribution in [2.45, 2.75) is 13.5 Å². The molecule has 0 aliphatic rings. The number of aryl methyl sites for hydroxylation is 1. The third-order valence-corrected chi connectivity index (χ3v) is 3.37. The number of nitrogens with zero attached hydrogens (tertiary/aromatic N) is 1. The maximum absolute atomic E-state index is 12.0. The van der Waals surface area contributed by atoms with Gasteiger partial charge in [0, 0.05) is 24.1 Å². The molecule has 0 fully saturated rings. The molecule has 4 nitrogen and oxygen atoms in total. The summed E-state index contributed by atoms with van der Waals surface area (Å²) in [7, 11) is 0. The number of fused-ring (bicyclic) bond motifs is 1. The van der Waals surface area contributed by atoms with Crippen LogP contribution in [0, 0.1) is 6.92 Å². The lowest BCUT2D eigenvalue weighted by Gasteiger charge is -2.05. The standard InChI is InChI=1S/C16H13ClN2O2/c1-10-19-14-8-11(2-7-15(14)21-10)9-18-16(20)12-3-5-13(17)6-4-12/h2-8H,9H2,1H3,(H,18,20). The monoisotopic (exact) mass is 300 g/mol. The molecular weight excluding hydrogens is 288 g/mol. The predicted molar refractivity (Wildman–Crippen MR) is 81.4 cm³/mol. The van der Waals surface area contributed by atoms with E-state index in [2.05, 4.69) is 10.3 Å². The number of amides is 1. The van der Waals surface area contributed by atoms with E-state index in [1.54, 1.807) is 24.3 Å². The van der Waals surface area contributed by atoms with Crippen molar-refractivity contribution in [1.82, 2.24) is 10.3 Å². The molecule has 3 rings (SSSR count). The normalized spacial score (nSPS) is 10.8. The average Bonchev–Trinajstić information content (AvgIpc) is 2.84. The highest BCUT2D eigenvalue weighted by Gasteiger charge is 2.07. The van der Waals surface area contributed by atoms with Gasteiger partial charge in [-0.25, -0.2) is 4.98 Å². The van der Waals surface area contributed by atoms with Gasteiger partial charge < -0.3 is 9.73 Å². The van der Waals surface area contributed by atoms with Gasteiger partial charge in [0.1, 0.15) is 5.52 Å². The minimum Gasteiger partial charge on any atom is -0.441 e. The fourth-order valence-electron chi connectivity index (χ4n) is 2.08. The van der Waals surface area contributed by atoms with Crippen molar-refractivity contribution < 1.29 is 9.21 Å². The zero-order valence-corrected chi connectivity index (χ0v) is 12.1. The summed E-state index contributed by atoms with van der Waals surface area (Å²) in [5.74, 6) is 0.496. The molecule has 0 spiro atoms. The quantitative estimate of drug-likeness (QED) is 0.802. The molecule has 0 saturated heterocycles. The van der Waals surface area contributed by atoms with Gasteiger partial charge in [-0.1, -0.05) is 17.7 Å². The van der Waals surface area contributed by atoms with Crippen molar-refractivity contribution in [2.24, 2.45) is 0 Å². The Bertz CT molecular complexity index is 794. The van der Waals surface area contributed by atoms with E-state index in [0.29, 0.717) is 23.0 Å². The maximum Gasteiger partial charge on any atom is 0.251 e. The summed E-state index contributed by atoms with van der Waals surface area (Å²) in [5, 5.41) is 3.48. The van der Waals surface area contributed by atoms with Crippen molar-refractivity contribution in [1.29, 1.82) is 0 Å². The number of halogens is 1. The number of hydrogen-bond acceptors (Lipinski definition) is 3. The van der Waals surface area contributed by atoms with Gasteiger partial charge in [0.2, 0.25) is 0 Å². The second kappa shape index (κ2) is 5.58.